The minimum absolute atomic E-state index is 0.155. The van der Waals surface area contributed by atoms with Crippen LogP contribution in [0.25, 0.3) is 0 Å². The van der Waals surface area contributed by atoms with Gasteiger partial charge in [-0.25, -0.2) is 4.79 Å². The Labute approximate surface area is 131 Å². The van der Waals surface area contributed by atoms with Crippen molar-refractivity contribution < 1.29 is 9.53 Å². The summed E-state index contributed by atoms with van der Waals surface area (Å²) in [5, 5.41) is 3.02. The number of amides is 1. The van der Waals surface area contributed by atoms with Gasteiger partial charge in [0, 0.05) is 11.1 Å². The molecule has 2 aromatic carbocycles. The molecular weight excluding hydrogens is 274 g/mol. The first kappa shape index (κ1) is 14.6. The van der Waals surface area contributed by atoms with Gasteiger partial charge in [-0.2, -0.15) is 0 Å². The average molecular weight is 295 g/mol. The Morgan fingerprint density at radius 1 is 0.909 bits per heavy atom. The molecular formula is C19H21NO2. The topological polar surface area (TPSA) is 38.3 Å². The maximum atomic E-state index is 12.1. The summed E-state index contributed by atoms with van der Waals surface area (Å²) in [6.07, 6.45) is -0.368. The standard InChI is InChI=1S/C19H21NO2/c1-18(2,3)16-19(22-17(21)20-16,14-10-6-4-7-11-14)15-12-8-5-9-13-15/h4-13,16H,1-3H3,(H,20,21). The number of ether oxygens (including phenoxy) is 1. The maximum absolute atomic E-state index is 12.1. The van der Waals surface area contributed by atoms with Crippen LogP contribution >= 0.6 is 0 Å². The highest BCUT2D eigenvalue weighted by atomic mass is 16.6. The lowest BCUT2D eigenvalue weighted by Gasteiger charge is -2.40. The Morgan fingerprint density at radius 2 is 1.36 bits per heavy atom. The summed E-state index contributed by atoms with van der Waals surface area (Å²) in [4.78, 5) is 12.1. The molecule has 1 aliphatic rings. The van der Waals surface area contributed by atoms with E-state index in [0.717, 1.165) is 11.1 Å². The fourth-order valence-electron chi connectivity index (χ4n) is 3.27. The van der Waals surface area contributed by atoms with Crippen LogP contribution in [-0.2, 0) is 10.3 Å². The zero-order chi connectivity index (χ0) is 15.8. The molecule has 1 amide bonds. The maximum Gasteiger partial charge on any atom is 0.408 e. The summed E-state index contributed by atoms with van der Waals surface area (Å²) in [6.45, 7) is 6.35. The average Bonchev–Trinajstić information content (AvgIpc) is 2.88. The molecule has 3 nitrogen and oxygen atoms in total. The highest BCUT2D eigenvalue weighted by molar-refractivity contribution is 5.73. The number of alkyl carbamates (subject to hydrolysis) is 1. The molecule has 1 saturated heterocycles. The molecule has 0 aromatic heterocycles. The zero-order valence-corrected chi connectivity index (χ0v) is 13.2. The molecule has 0 bridgehead atoms. The van der Waals surface area contributed by atoms with E-state index in [1.54, 1.807) is 0 Å². The van der Waals surface area contributed by atoms with Gasteiger partial charge in [-0.1, -0.05) is 81.4 Å². The summed E-state index contributed by atoms with van der Waals surface area (Å²) in [5.74, 6) is 0. The van der Waals surface area contributed by atoms with Gasteiger partial charge in [0.1, 0.15) is 0 Å². The van der Waals surface area contributed by atoms with Crippen molar-refractivity contribution in [2.24, 2.45) is 5.41 Å². The monoisotopic (exact) mass is 295 g/mol. The van der Waals surface area contributed by atoms with Gasteiger partial charge in [0.2, 0.25) is 0 Å². The fraction of sp³-hybridized carbons (Fsp3) is 0.316. The van der Waals surface area contributed by atoms with Crippen molar-refractivity contribution in [2.75, 3.05) is 0 Å². The number of carbonyl (C=O) groups is 1. The van der Waals surface area contributed by atoms with Gasteiger partial charge in [-0.05, 0) is 5.41 Å². The van der Waals surface area contributed by atoms with Crippen molar-refractivity contribution >= 4 is 6.09 Å². The van der Waals surface area contributed by atoms with Crippen molar-refractivity contribution in [3.05, 3.63) is 71.8 Å². The van der Waals surface area contributed by atoms with Gasteiger partial charge in [0.15, 0.2) is 5.60 Å². The van der Waals surface area contributed by atoms with Crippen molar-refractivity contribution in [2.45, 2.75) is 32.4 Å². The molecule has 1 fully saturated rings. The first-order chi connectivity index (χ1) is 10.4. The minimum Gasteiger partial charge on any atom is -0.431 e. The van der Waals surface area contributed by atoms with Gasteiger partial charge < -0.3 is 10.1 Å². The highest BCUT2D eigenvalue weighted by Gasteiger charge is 2.56. The third kappa shape index (κ3) is 2.27. The Balaban J connectivity index is 2.26. The molecule has 0 saturated carbocycles. The third-order valence-corrected chi connectivity index (χ3v) is 4.19. The summed E-state index contributed by atoms with van der Waals surface area (Å²) < 4.78 is 5.91. The molecule has 1 aliphatic heterocycles. The molecule has 22 heavy (non-hydrogen) atoms. The lowest BCUT2D eigenvalue weighted by Crippen LogP contribution is -2.50. The number of carbonyl (C=O) groups excluding carboxylic acids is 1. The summed E-state index contributed by atoms with van der Waals surface area (Å²) in [5.41, 5.74) is 1.01. The Morgan fingerprint density at radius 3 is 1.77 bits per heavy atom. The van der Waals surface area contributed by atoms with E-state index in [1.165, 1.54) is 0 Å². The van der Waals surface area contributed by atoms with E-state index in [1.807, 2.05) is 60.7 Å². The predicted molar refractivity (Wildman–Crippen MR) is 86.5 cm³/mol. The van der Waals surface area contributed by atoms with E-state index in [0.29, 0.717) is 0 Å². The van der Waals surface area contributed by atoms with Gasteiger partial charge in [0.05, 0.1) is 6.04 Å². The van der Waals surface area contributed by atoms with E-state index in [9.17, 15) is 4.79 Å². The second kappa shape index (κ2) is 5.16. The minimum atomic E-state index is -0.808. The van der Waals surface area contributed by atoms with Gasteiger partial charge in [-0.15, -0.1) is 0 Å². The van der Waals surface area contributed by atoms with Gasteiger partial charge in [-0.3, -0.25) is 0 Å². The second-order valence-electron chi connectivity index (χ2n) is 6.80. The zero-order valence-electron chi connectivity index (χ0n) is 13.2. The largest absolute Gasteiger partial charge is 0.431 e. The van der Waals surface area contributed by atoms with Crippen molar-refractivity contribution in [1.29, 1.82) is 0 Å². The second-order valence-corrected chi connectivity index (χ2v) is 6.80. The van der Waals surface area contributed by atoms with Crippen LogP contribution in [0.5, 0.6) is 0 Å². The smallest absolute Gasteiger partial charge is 0.408 e. The number of hydrogen-bond donors (Lipinski definition) is 1. The van der Waals surface area contributed by atoms with Crippen molar-refractivity contribution in [1.82, 2.24) is 5.32 Å². The van der Waals surface area contributed by atoms with Crippen LogP contribution in [-0.4, -0.2) is 12.1 Å². The molecule has 3 rings (SSSR count). The molecule has 114 valence electrons. The quantitative estimate of drug-likeness (QED) is 0.906. The first-order valence-corrected chi connectivity index (χ1v) is 7.55. The van der Waals surface area contributed by atoms with Crippen LogP contribution in [0.4, 0.5) is 4.79 Å². The Kier molecular flexibility index (Phi) is 3.44. The Bertz CT molecular complexity index is 619. The molecule has 1 heterocycles. The van der Waals surface area contributed by atoms with Crippen LogP contribution in [0.1, 0.15) is 31.9 Å². The van der Waals surface area contributed by atoms with E-state index < -0.39 is 5.60 Å². The van der Waals surface area contributed by atoms with E-state index >= 15 is 0 Å². The molecule has 1 atom stereocenters. The number of rotatable bonds is 2. The molecule has 2 aromatic rings. The molecule has 1 unspecified atom stereocenters. The van der Waals surface area contributed by atoms with Gasteiger partial charge >= 0.3 is 6.09 Å². The Hall–Kier alpha value is -2.29. The number of benzene rings is 2. The van der Waals surface area contributed by atoms with E-state index in [2.05, 4.69) is 26.1 Å². The molecule has 1 N–H and O–H groups in total. The molecule has 0 spiro atoms. The summed E-state index contributed by atoms with van der Waals surface area (Å²) >= 11 is 0. The van der Waals surface area contributed by atoms with Crippen LogP contribution in [0, 0.1) is 5.41 Å². The van der Waals surface area contributed by atoms with Crippen LogP contribution in [0.2, 0.25) is 0 Å². The van der Waals surface area contributed by atoms with Crippen molar-refractivity contribution in [3.8, 4) is 0 Å². The SMILES string of the molecule is CC(C)(C)C1NC(=O)OC1(c1ccccc1)c1ccccc1. The molecule has 3 heteroatoms. The lowest BCUT2D eigenvalue weighted by atomic mass is 9.70. The molecule has 0 aliphatic carbocycles. The lowest BCUT2D eigenvalue weighted by molar-refractivity contribution is 0.0407. The van der Waals surface area contributed by atoms with E-state index in [-0.39, 0.29) is 17.6 Å². The highest BCUT2D eigenvalue weighted by Crippen LogP contribution is 2.46. The number of cyclic esters (lactones) is 1. The van der Waals surface area contributed by atoms with Gasteiger partial charge in [0.25, 0.3) is 0 Å². The fourth-order valence-corrected chi connectivity index (χ4v) is 3.27. The predicted octanol–water partition coefficient (Wildman–Crippen LogP) is 4.08. The van der Waals surface area contributed by atoms with Crippen LogP contribution in [0.15, 0.2) is 60.7 Å². The summed E-state index contributed by atoms with van der Waals surface area (Å²) in [6, 6.07) is 19.8. The molecule has 0 radical (unpaired) electrons. The van der Waals surface area contributed by atoms with E-state index in [4.69, 9.17) is 4.74 Å². The normalized spacial score (nSPS) is 20.3. The first-order valence-electron chi connectivity index (χ1n) is 7.55. The number of hydrogen-bond acceptors (Lipinski definition) is 2. The third-order valence-electron chi connectivity index (χ3n) is 4.19. The van der Waals surface area contributed by atoms with Crippen molar-refractivity contribution in [3.63, 3.8) is 0 Å². The van der Waals surface area contributed by atoms with Crippen LogP contribution in [0.3, 0.4) is 0 Å². The van der Waals surface area contributed by atoms with Crippen LogP contribution < -0.4 is 5.32 Å². The summed E-state index contributed by atoms with van der Waals surface area (Å²) in [7, 11) is 0. The number of nitrogens with one attached hydrogen (secondary N) is 1.